The van der Waals surface area contributed by atoms with Crippen molar-refractivity contribution in [3.05, 3.63) is 0 Å². The molecule has 1 aliphatic carbocycles. The van der Waals surface area contributed by atoms with Gasteiger partial charge >= 0.3 is 0 Å². The Morgan fingerprint density at radius 3 is 2.47 bits per heavy atom. The van der Waals surface area contributed by atoms with Crippen LogP contribution in [-0.2, 0) is 4.79 Å². The van der Waals surface area contributed by atoms with Crippen LogP contribution in [0.1, 0.15) is 46.0 Å². The van der Waals surface area contributed by atoms with Crippen molar-refractivity contribution in [3.8, 4) is 0 Å². The third kappa shape index (κ3) is 5.91. The normalized spacial score (nSPS) is 23.9. The third-order valence-corrected chi connectivity index (χ3v) is 4.42. The monoisotopic (exact) mass is 269 g/mol. The largest absolute Gasteiger partial charge is 0.356 e. The van der Waals surface area contributed by atoms with E-state index in [2.05, 4.69) is 31.1 Å². The maximum absolute atomic E-state index is 12.0. The maximum Gasteiger partial charge on any atom is 0.223 e. The van der Waals surface area contributed by atoms with Crippen LogP contribution in [0.4, 0.5) is 0 Å². The second-order valence-corrected chi connectivity index (χ2v) is 6.17. The first kappa shape index (κ1) is 16.4. The molecular weight excluding hydrogens is 238 g/mol. The van der Waals surface area contributed by atoms with Gasteiger partial charge in [0.2, 0.25) is 5.91 Å². The Kier molecular flexibility index (Phi) is 7.39. The van der Waals surface area contributed by atoms with Crippen molar-refractivity contribution in [3.63, 3.8) is 0 Å². The van der Waals surface area contributed by atoms with Crippen LogP contribution < -0.4 is 11.1 Å². The minimum atomic E-state index is 0.227. The van der Waals surface area contributed by atoms with E-state index in [4.69, 9.17) is 5.73 Å². The van der Waals surface area contributed by atoms with Gasteiger partial charge in [0.15, 0.2) is 0 Å². The average Bonchev–Trinajstić information content (AvgIpc) is 2.43. The summed E-state index contributed by atoms with van der Waals surface area (Å²) in [6.07, 6.45) is 5.28. The Balaban J connectivity index is 2.11. The zero-order valence-corrected chi connectivity index (χ0v) is 12.8. The van der Waals surface area contributed by atoms with Crippen molar-refractivity contribution in [1.82, 2.24) is 10.2 Å². The zero-order chi connectivity index (χ0) is 14.3. The molecule has 1 aliphatic rings. The smallest absolute Gasteiger partial charge is 0.223 e. The quantitative estimate of drug-likeness (QED) is 0.690. The number of carbonyl (C=O) groups excluding carboxylic acids is 1. The number of hydrogen-bond acceptors (Lipinski definition) is 3. The first-order chi connectivity index (χ1) is 9.04. The van der Waals surface area contributed by atoms with Crippen molar-refractivity contribution in [2.75, 3.05) is 26.7 Å². The lowest BCUT2D eigenvalue weighted by molar-refractivity contribution is -0.126. The highest BCUT2D eigenvalue weighted by atomic mass is 16.1. The number of nitrogens with two attached hydrogens (primary N) is 1. The predicted octanol–water partition coefficient (Wildman–Crippen LogP) is 1.60. The molecule has 1 amide bonds. The average molecular weight is 269 g/mol. The van der Waals surface area contributed by atoms with Gasteiger partial charge in [0, 0.05) is 18.5 Å². The molecule has 0 spiro atoms. The molecule has 19 heavy (non-hydrogen) atoms. The Bertz CT molecular complexity index is 260. The van der Waals surface area contributed by atoms with Crippen molar-refractivity contribution in [1.29, 1.82) is 0 Å². The molecule has 0 aliphatic heterocycles. The van der Waals surface area contributed by atoms with Gasteiger partial charge in [0.25, 0.3) is 0 Å². The predicted molar refractivity (Wildman–Crippen MR) is 79.9 cm³/mol. The molecular formula is C15H31N3O. The minimum absolute atomic E-state index is 0.227. The highest BCUT2D eigenvalue weighted by Gasteiger charge is 2.25. The van der Waals surface area contributed by atoms with Crippen LogP contribution >= 0.6 is 0 Å². The standard InChI is InChI=1S/C15H31N3O/c1-12(2)18(3)10-4-9-17-15(19)14-7-5-13(11-16)6-8-14/h12-14H,4-11,16H2,1-3H3,(H,17,19). The molecule has 1 rings (SSSR count). The molecule has 112 valence electrons. The van der Waals surface area contributed by atoms with Crippen molar-refractivity contribution in [2.45, 2.75) is 52.0 Å². The Morgan fingerprint density at radius 2 is 1.95 bits per heavy atom. The molecule has 1 saturated carbocycles. The van der Waals surface area contributed by atoms with Crippen molar-refractivity contribution >= 4 is 5.91 Å². The van der Waals surface area contributed by atoms with E-state index in [0.29, 0.717) is 12.0 Å². The summed E-state index contributed by atoms with van der Waals surface area (Å²) in [7, 11) is 2.13. The van der Waals surface area contributed by atoms with E-state index in [1.807, 2.05) is 0 Å². The summed E-state index contributed by atoms with van der Waals surface area (Å²) in [5, 5.41) is 3.08. The van der Waals surface area contributed by atoms with E-state index in [1.54, 1.807) is 0 Å². The Labute approximate surface area is 118 Å². The first-order valence-corrected chi connectivity index (χ1v) is 7.72. The number of nitrogens with zero attached hydrogens (tertiary/aromatic N) is 1. The van der Waals surface area contributed by atoms with Crippen molar-refractivity contribution in [2.24, 2.45) is 17.6 Å². The van der Waals surface area contributed by atoms with Crippen LogP contribution in [0, 0.1) is 11.8 Å². The molecule has 3 N–H and O–H groups in total. The molecule has 0 aromatic carbocycles. The summed E-state index contributed by atoms with van der Waals surface area (Å²) in [4.78, 5) is 14.3. The molecule has 1 fully saturated rings. The summed E-state index contributed by atoms with van der Waals surface area (Å²) in [5.41, 5.74) is 5.67. The Morgan fingerprint density at radius 1 is 1.32 bits per heavy atom. The lowest BCUT2D eigenvalue weighted by atomic mass is 9.81. The van der Waals surface area contributed by atoms with Gasteiger partial charge in [-0.2, -0.15) is 0 Å². The molecule has 0 aromatic rings. The van der Waals surface area contributed by atoms with E-state index in [9.17, 15) is 4.79 Å². The summed E-state index contributed by atoms with van der Waals surface area (Å²) in [6.45, 7) is 6.99. The van der Waals surface area contributed by atoms with E-state index in [0.717, 1.165) is 51.7 Å². The Hall–Kier alpha value is -0.610. The van der Waals surface area contributed by atoms with Crippen LogP contribution in [0.2, 0.25) is 0 Å². The van der Waals surface area contributed by atoms with Crippen LogP contribution in [0.3, 0.4) is 0 Å². The molecule has 0 saturated heterocycles. The van der Waals surface area contributed by atoms with Gasteiger partial charge in [-0.15, -0.1) is 0 Å². The summed E-state index contributed by atoms with van der Waals surface area (Å²) >= 11 is 0. The van der Waals surface area contributed by atoms with E-state index in [-0.39, 0.29) is 11.8 Å². The van der Waals surface area contributed by atoms with E-state index in [1.165, 1.54) is 0 Å². The number of nitrogens with one attached hydrogen (secondary N) is 1. The lowest BCUT2D eigenvalue weighted by Crippen LogP contribution is -2.36. The van der Waals surface area contributed by atoms with Gasteiger partial charge in [0.05, 0.1) is 0 Å². The molecule has 0 bridgehead atoms. The third-order valence-electron chi connectivity index (χ3n) is 4.42. The fourth-order valence-corrected chi connectivity index (χ4v) is 2.60. The number of amides is 1. The van der Waals surface area contributed by atoms with Gasteiger partial charge < -0.3 is 16.0 Å². The molecule has 0 unspecified atom stereocenters. The van der Waals surface area contributed by atoms with Crippen LogP contribution in [0.5, 0.6) is 0 Å². The number of carbonyl (C=O) groups is 1. The van der Waals surface area contributed by atoms with Crippen molar-refractivity contribution < 1.29 is 4.79 Å². The molecule has 4 heteroatoms. The second-order valence-electron chi connectivity index (χ2n) is 6.17. The van der Waals surface area contributed by atoms with E-state index >= 15 is 0 Å². The molecule has 0 aromatic heterocycles. The summed E-state index contributed by atoms with van der Waals surface area (Å²) < 4.78 is 0. The van der Waals surface area contributed by atoms with Gasteiger partial charge in [-0.05, 0) is 72.0 Å². The number of rotatable bonds is 7. The highest BCUT2D eigenvalue weighted by Crippen LogP contribution is 2.28. The minimum Gasteiger partial charge on any atom is -0.356 e. The maximum atomic E-state index is 12.0. The van der Waals surface area contributed by atoms with Crippen LogP contribution in [0.25, 0.3) is 0 Å². The molecule has 0 atom stereocenters. The topological polar surface area (TPSA) is 58.4 Å². The second kappa shape index (κ2) is 8.54. The summed E-state index contributed by atoms with van der Waals surface area (Å²) in [5.74, 6) is 1.12. The fraction of sp³-hybridized carbons (Fsp3) is 0.933. The zero-order valence-electron chi connectivity index (χ0n) is 12.8. The van der Waals surface area contributed by atoms with Gasteiger partial charge in [-0.3, -0.25) is 4.79 Å². The van der Waals surface area contributed by atoms with Gasteiger partial charge in [-0.1, -0.05) is 0 Å². The van der Waals surface area contributed by atoms with Crippen LogP contribution in [-0.4, -0.2) is 43.5 Å². The molecule has 0 radical (unpaired) electrons. The SMILES string of the molecule is CC(C)N(C)CCCNC(=O)C1CCC(CN)CC1. The van der Waals surface area contributed by atoms with Gasteiger partial charge in [0.1, 0.15) is 0 Å². The number of hydrogen-bond donors (Lipinski definition) is 2. The lowest BCUT2D eigenvalue weighted by Gasteiger charge is -2.27. The van der Waals surface area contributed by atoms with Crippen LogP contribution in [0.15, 0.2) is 0 Å². The first-order valence-electron chi connectivity index (χ1n) is 7.72. The van der Waals surface area contributed by atoms with Gasteiger partial charge in [-0.25, -0.2) is 0 Å². The molecule has 4 nitrogen and oxygen atoms in total. The van der Waals surface area contributed by atoms with E-state index < -0.39 is 0 Å². The highest BCUT2D eigenvalue weighted by molar-refractivity contribution is 5.78. The fourth-order valence-electron chi connectivity index (χ4n) is 2.60. The summed E-state index contributed by atoms with van der Waals surface area (Å²) in [6, 6.07) is 0.572. The molecule has 0 heterocycles.